The smallest absolute Gasteiger partial charge is 0.311 e. The lowest BCUT2D eigenvalue weighted by Crippen LogP contribution is -2.27. The highest BCUT2D eigenvalue weighted by molar-refractivity contribution is 5.77. The highest BCUT2D eigenvalue weighted by Crippen LogP contribution is 2.24. The van der Waals surface area contributed by atoms with Gasteiger partial charge in [-0.05, 0) is 32.6 Å². The Morgan fingerprint density at radius 1 is 1.20 bits per heavy atom. The first-order valence-corrected chi connectivity index (χ1v) is 7.61. The zero-order valence-electron chi connectivity index (χ0n) is 13.7. The van der Waals surface area contributed by atoms with Gasteiger partial charge in [0.1, 0.15) is 0 Å². The van der Waals surface area contributed by atoms with Crippen molar-refractivity contribution in [3.8, 4) is 0 Å². The van der Waals surface area contributed by atoms with Gasteiger partial charge in [0.2, 0.25) is 0 Å². The quantitative estimate of drug-likeness (QED) is 0.574. The van der Waals surface area contributed by atoms with Crippen LogP contribution >= 0.6 is 0 Å². The van der Waals surface area contributed by atoms with Gasteiger partial charge in [0.25, 0.3) is 0 Å². The molecule has 0 aromatic rings. The van der Waals surface area contributed by atoms with E-state index in [0.29, 0.717) is 18.9 Å². The van der Waals surface area contributed by atoms with Crippen LogP contribution in [-0.2, 0) is 19.1 Å². The Kier molecular flexibility index (Phi) is 9.26. The fourth-order valence-corrected chi connectivity index (χ4v) is 1.97. The van der Waals surface area contributed by atoms with Crippen molar-refractivity contribution >= 4 is 11.9 Å². The minimum Gasteiger partial charge on any atom is -0.469 e. The molecular weight excluding hydrogens is 256 g/mol. The molecule has 4 heteroatoms. The van der Waals surface area contributed by atoms with Crippen molar-refractivity contribution in [1.29, 1.82) is 0 Å². The zero-order chi connectivity index (χ0) is 15.6. The summed E-state index contributed by atoms with van der Waals surface area (Å²) in [5.41, 5.74) is -0.639. The first kappa shape index (κ1) is 18.9. The number of esters is 2. The summed E-state index contributed by atoms with van der Waals surface area (Å²) < 4.78 is 10.0. The van der Waals surface area contributed by atoms with E-state index in [1.54, 1.807) is 13.8 Å². The Labute approximate surface area is 123 Å². The van der Waals surface area contributed by atoms with E-state index in [9.17, 15) is 9.59 Å². The van der Waals surface area contributed by atoms with E-state index in [-0.39, 0.29) is 18.4 Å². The van der Waals surface area contributed by atoms with Gasteiger partial charge in [0.15, 0.2) is 0 Å². The van der Waals surface area contributed by atoms with E-state index in [0.717, 1.165) is 19.3 Å². The standard InChI is InChI=1S/C16H30O4/c1-6-8-9-13(7-2)12-20-14(17)10-11-16(3,4)15(18)19-5/h13H,6-12H2,1-5H3. The van der Waals surface area contributed by atoms with E-state index >= 15 is 0 Å². The van der Waals surface area contributed by atoms with Crippen molar-refractivity contribution in [3.63, 3.8) is 0 Å². The Morgan fingerprint density at radius 3 is 2.35 bits per heavy atom. The van der Waals surface area contributed by atoms with Crippen molar-refractivity contribution in [3.05, 3.63) is 0 Å². The second-order valence-corrected chi connectivity index (χ2v) is 5.97. The van der Waals surface area contributed by atoms with E-state index in [1.165, 1.54) is 13.5 Å². The second kappa shape index (κ2) is 9.78. The van der Waals surface area contributed by atoms with Crippen LogP contribution in [0.25, 0.3) is 0 Å². The van der Waals surface area contributed by atoms with Crippen LogP contribution in [0.15, 0.2) is 0 Å². The van der Waals surface area contributed by atoms with Gasteiger partial charge in [-0.25, -0.2) is 0 Å². The lowest BCUT2D eigenvalue weighted by atomic mass is 9.88. The average Bonchev–Trinajstić information content (AvgIpc) is 2.44. The van der Waals surface area contributed by atoms with Crippen molar-refractivity contribution in [2.24, 2.45) is 11.3 Å². The van der Waals surface area contributed by atoms with Crippen LogP contribution in [0.3, 0.4) is 0 Å². The Bertz CT molecular complexity index is 297. The Morgan fingerprint density at radius 2 is 1.85 bits per heavy atom. The van der Waals surface area contributed by atoms with E-state index < -0.39 is 5.41 Å². The van der Waals surface area contributed by atoms with Gasteiger partial charge >= 0.3 is 11.9 Å². The molecule has 0 heterocycles. The summed E-state index contributed by atoms with van der Waals surface area (Å²) in [6.07, 6.45) is 5.18. The minimum absolute atomic E-state index is 0.225. The molecule has 0 fully saturated rings. The fourth-order valence-electron chi connectivity index (χ4n) is 1.97. The van der Waals surface area contributed by atoms with Crippen molar-refractivity contribution < 1.29 is 19.1 Å². The maximum atomic E-state index is 11.7. The molecule has 0 radical (unpaired) electrons. The maximum Gasteiger partial charge on any atom is 0.311 e. The van der Waals surface area contributed by atoms with Gasteiger partial charge in [0, 0.05) is 6.42 Å². The van der Waals surface area contributed by atoms with Crippen LogP contribution in [0.1, 0.15) is 66.2 Å². The first-order chi connectivity index (χ1) is 9.37. The molecule has 0 aliphatic rings. The predicted octanol–water partition coefficient (Wildman–Crippen LogP) is 3.73. The van der Waals surface area contributed by atoms with Crippen molar-refractivity contribution in [2.75, 3.05) is 13.7 Å². The number of rotatable bonds is 10. The molecule has 20 heavy (non-hydrogen) atoms. The molecule has 0 rings (SSSR count). The van der Waals surface area contributed by atoms with Crippen LogP contribution in [0.5, 0.6) is 0 Å². The number of hydrogen-bond acceptors (Lipinski definition) is 4. The van der Waals surface area contributed by atoms with E-state index in [4.69, 9.17) is 9.47 Å². The molecule has 1 atom stereocenters. The molecular formula is C16H30O4. The summed E-state index contributed by atoms with van der Waals surface area (Å²) in [4.78, 5) is 23.2. The van der Waals surface area contributed by atoms with Crippen LogP contribution in [0.4, 0.5) is 0 Å². The molecule has 0 aliphatic heterocycles. The average molecular weight is 286 g/mol. The highest BCUT2D eigenvalue weighted by atomic mass is 16.5. The van der Waals surface area contributed by atoms with Gasteiger partial charge in [-0.3, -0.25) is 9.59 Å². The number of methoxy groups -OCH3 is 1. The summed E-state index contributed by atoms with van der Waals surface area (Å²) in [6.45, 7) is 8.33. The molecule has 0 saturated heterocycles. The minimum atomic E-state index is -0.639. The molecule has 0 saturated carbocycles. The van der Waals surface area contributed by atoms with Crippen molar-refractivity contribution in [2.45, 2.75) is 66.2 Å². The fraction of sp³-hybridized carbons (Fsp3) is 0.875. The molecule has 0 bridgehead atoms. The number of unbranched alkanes of at least 4 members (excludes halogenated alkanes) is 1. The zero-order valence-corrected chi connectivity index (χ0v) is 13.7. The molecule has 118 valence electrons. The molecule has 0 N–H and O–H groups in total. The van der Waals surface area contributed by atoms with E-state index in [2.05, 4.69) is 13.8 Å². The second-order valence-electron chi connectivity index (χ2n) is 5.97. The highest BCUT2D eigenvalue weighted by Gasteiger charge is 2.29. The van der Waals surface area contributed by atoms with Crippen molar-refractivity contribution in [1.82, 2.24) is 0 Å². The lowest BCUT2D eigenvalue weighted by molar-refractivity contribution is -0.152. The van der Waals surface area contributed by atoms with Gasteiger partial charge in [0.05, 0.1) is 19.1 Å². The third-order valence-electron chi connectivity index (χ3n) is 3.72. The predicted molar refractivity (Wildman–Crippen MR) is 79.3 cm³/mol. The van der Waals surface area contributed by atoms with Crippen LogP contribution in [0.2, 0.25) is 0 Å². The Hall–Kier alpha value is -1.06. The van der Waals surface area contributed by atoms with Gasteiger partial charge in [-0.2, -0.15) is 0 Å². The van der Waals surface area contributed by atoms with Gasteiger partial charge < -0.3 is 9.47 Å². The number of ether oxygens (including phenoxy) is 2. The van der Waals surface area contributed by atoms with Gasteiger partial charge in [-0.1, -0.05) is 33.1 Å². The maximum absolute atomic E-state index is 11.7. The van der Waals surface area contributed by atoms with Crippen LogP contribution < -0.4 is 0 Å². The monoisotopic (exact) mass is 286 g/mol. The first-order valence-electron chi connectivity index (χ1n) is 7.61. The van der Waals surface area contributed by atoms with Gasteiger partial charge in [-0.15, -0.1) is 0 Å². The molecule has 0 aliphatic carbocycles. The number of hydrogen-bond donors (Lipinski definition) is 0. The molecule has 0 spiro atoms. The summed E-state index contributed by atoms with van der Waals surface area (Å²) in [5, 5.41) is 0. The number of carbonyl (C=O) groups excluding carboxylic acids is 2. The molecule has 4 nitrogen and oxygen atoms in total. The summed E-state index contributed by atoms with van der Waals surface area (Å²) in [6, 6.07) is 0. The normalized spacial score (nSPS) is 12.8. The molecule has 0 aromatic heterocycles. The molecule has 1 unspecified atom stereocenters. The summed E-state index contributed by atoms with van der Waals surface area (Å²) in [7, 11) is 1.36. The lowest BCUT2D eigenvalue weighted by Gasteiger charge is -2.21. The summed E-state index contributed by atoms with van der Waals surface area (Å²) in [5.74, 6) is -0.0656. The molecule has 0 aromatic carbocycles. The number of carbonyl (C=O) groups is 2. The largest absolute Gasteiger partial charge is 0.469 e. The van der Waals surface area contributed by atoms with E-state index in [1.807, 2.05) is 0 Å². The van der Waals surface area contributed by atoms with Crippen LogP contribution in [0, 0.1) is 11.3 Å². The molecule has 0 amide bonds. The SMILES string of the molecule is CCCCC(CC)COC(=O)CCC(C)(C)C(=O)OC. The summed E-state index contributed by atoms with van der Waals surface area (Å²) >= 11 is 0. The van der Waals surface area contributed by atoms with Crippen LogP contribution in [-0.4, -0.2) is 25.7 Å². The Balaban J connectivity index is 4.02. The topological polar surface area (TPSA) is 52.6 Å². The third-order valence-corrected chi connectivity index (χ3v) is 3.72. The third kappa shape index (κ3) is 7.51.